The Kier molecular flexibility index (Phi) is 9.21. The molecular weight excluding hydrogens is 508 g/mol. The molecule has 2 heterocycles. The number of anilines is 1. The number of guanidine groups is 1. The van der Waals surface area contributed by atoms with Crippen LogP contribution in [0.1, 0.15) is 51.0 Å². The van der Waals surface area contributed by atoms with E-state index >= 15 is 0 Å². The number of halogens is 2. The molecule has 1 aromatic rings. The van der Waals surface area contributed by atoms with E-state index in [1.807, 2.05) is 17.0 Å². The third-order valence-corrected chi connectivity index (χ3v) is 6.51. The Morgan fingerprint density at radius 2 is 1.81 bits per heavy atom. The van der Waals surface area contributed by atoms with Crippen LogP contribution in [0.4, 0.5) is 10.1 Å². The average Bonchev–Trinajstić information content (AvgIpc) is 3.59. The Labute approximate surface area is 202 Å². The van der Waals surface area contributed by atoms with E-state index < -0.39 is 0 Å². The van der Waals surface area contributed by atoms with Gasteiger partial charge in [-0.25, -0.2) is 9.38 Å². The first kappa shape index (κ1) is 24.5. The predicted octanol–water partition coefficient (Wildman–Crippen LogP) is 3.09. The van der Waals surface area contributed by atoms with E-state index in [0.717, 1.165) is 37.0 Å². The fourth-order valence-corrected chi connectivity index (χ4v) is 4.54. The summed E-state index contributed by atoms with van der Waals surface area (Å²) in [5, 5.41) is 16.6. The van der Waals surface area contributed by atoms with Gasteiger partial charge in [0.25, 0.3) is 0 Å². The first-order chi connectivity index (χ1) is 14.6. The summed E-state index contributed by atoms with van der Waals surface area (Å²) in [6, 6.07) is 6.71. The van der Waals surface area contributed by atoms with Gasteiger partial charge < -0.3 is 25.5 Å². The van der Waals surface area contributed by atoms with Crippen molar-refractivity contribution >= 4 is 35.6 Å². The molecule has 3 fully saturated rings. The van der Waals surface area contributed by atoms with Crippen LogP contribution in [0.5, 0.6) is 0 Å². The van der Waals surface area contributed by atoms with Gasteiger partial charge in [0.1, 0.15) is 5.82 Å². The minimum absolute atomic E-state index is 0. The zero-order valence-corrected chi connectivity index (χ0v) is 20.9. The first-order valence-electron chi connectivity index (χ1n) is 11.6. The number of piperidine rings is 2. The molecule has 3 aliphatic rings. The summed E-state index contributed by atoms with van der Waals surface area (Å²) in [4.78, 5) is 9.35. The number of rotatable bonds is 6. The van der Waals surface area contributed by atoms with Gasteiger partial charge in [0, 0.05) is 44.8 Å². The van der Waals surface area contributed by atoms with Gasteiger partial charge in [-0.15, -0.1) is 24.0 Å². The van der Waals surface area contributed by atoms with Crippen molar-refractivity contribution in [3.8, 4) is 0 Å². The molecule has 1 aliphatic carbocycles. The highest BCUT2D eigenvalue weighted by Gasteiger charge is 2.31. The predicted molar refractivity (Wildman–Crippen MR) is 135 cm³/mol. The third-order valence-electron chi connectivity index (χ3n) is 6.51. The standard InChI is InChI=1S/C23H36FN5O.HI/c1-2-25-23(27-18-7-11-28(12-8-18)19-4-5-19)26-16-17-3-6-22(21(24)15-17)29-13-9-20(30)10-14-29;/h3,6,15,18-20,30H,2,4-5,7-14,16H2,1H3,(H2,25,26,27);1H. The molecular formula is C23H37FIN5O. The minimum Gasteiger partial charge on any atom is -0.393 e. The second-order valence-corrected chi connectivity index (χ2v) is 8.88. The number of hydrogen-bond donors (Lipinski definition) is 3. The number of nitrogens with one attached hydrogen (secondary N) is 2. The molecule has 2 saturated heterocycles. The highest BCUT2D eigenvalue weighted by Crippen LogP contribution is 2.29. The van der Waals surface area contributed by atoms with Crippen molar-refractivity contribution in [3.63, 3.8) is 0 Å². The van der Waals surface area contributed by atoms with Crippen molar-refractivity contribution in [2.24, 2.45) is 4.99 Å². The summed E-state index contributed by atoms with van der Waals surface area (Å²) >= 11 is 0. The van der Waals surface area contributed by atoms with Gasteiger partial charge >= 0.3 is 0 Å². The molecule has 0 spiro atoms. The molecule has 0 unspecified atom stereocenters. The van der Waals surface area contributed by atoms with Crippen LogP contribution < -0.4 is 15.5 Å². The lowest BCUT2D eigenvalue weighted by atomic mass is 10.1. The Bertz CT molecular complexity index is 729. The van der Waals surface area contributed by atoms with E-state index in [2.05, 4.69) is 22.5 Å². The molecule has 1 saturated carbocycles. The van der Waals surface area contributed by atoms with Crippen molar-refractivity contribution in [1.82, 2.24) is 15.5 Å². The second kappa shape index (κ2) is 11.7. The zero-order chi connectivity index (χ0) is 20.9. The molecule has 8 heteroatoms. The van der Waals surface area contributed by atoms with Crippen molar-refractivity contribution in [2.75, 3.05) is 37.6 Å². The maximum Gasteiger partial charge on any atom is 0.191 e. The molecule has 4 rings (SSSR count). The summed E-state index contributed by atoms with van der Waals surface area (Å²) in [6.07, 6.45) is 6.18. The number of hydrogen-bond acceptors (Lipinski definition) is 4. The second-order valence-electron chi connectivity index (χ2n) is 8.88. The maximum absolute atomic E-state index is 14.7. The molecule has 2 aliphatic heterocycles. The zero-order valence-electron chi connectivity index (χ0n) is 18.5. The van der Waals surface area contributed by atoms with Gasteiger partial charge in [-0.2, -0.15) is 0 Å². The SMILES string of the molecule is CCNC(=NCc1ccc(N2CCC(O)CC2)c(F)c1)NC1CCN(C2CC2)CC1.I. The van der Waals surface area contributed by atoms with E-state index in [4.69, 9.17) is 4.99 Å². The number of nitrogens with zero attached hydrogens (tertiary/aromatic N) is 3. The monoisotopic (exact) mass is 545 g/mol. The summed E-state index contributed by atoms with van der Waals surface area (Å²) in [6.45, 7) is 7.06. The van der Waals surface area contributed by atoms with E-state index in [1.54, 1.807) is 6.07 Å². The van der Waals surface area contributed by atoms with E-state index in [9.17, 15) is 9.50 Å². The van der Waals surface area contributed by atoms with Crippen LogP contribution in [-0.2, 0) is 6.54 Å². The summed E-state index contributed by atoms with van der Waals surface area (Å²) in [5.41, 5.74) is 1.50. The first-order valence-corrected chi connectivity index (χ1v) is 11.6. The fraction of sp³-hybridized carbons (Fsp3) is 0.696. The summed E-state index contributed by atoms with van der Waals surface area (Å²) in [7, 11) is 0. The highest BCUT2D eigenvalue weighted by atomic mass is 127. The summed E-state index contributed by atoms with van der Waals surface area (Å²) in [5.74, 6) is 0.612. The molecule has 0 amide bonds. The lowest BCUT2D eigenvalue weighted by molar-refractivity contribution is 0.145. The molecule has 1 aromatic carbocycles. The molecule has 174 valence electrons. The van der Waals surface area contributed by atoms with Gasteiger partial charge in [0.15, 0.2) is 5.96 Å². The van der Waals surface area contributed by atoms with Crippen molar-refractivity contribution in [1.29, 1.82) is 0 Å². The molecule has 0 radical (unpaired) electrons. The van der Waals surface area contributed by atoms with Crippen LogP contribution >= 0.6 is 24.0 Å². The normalized spacial score (nSPS) is 21.6. The van der Waals surface area contributed by atoms with E-state index in [-0.39, 0.29) is 35.9 Å². The Balaban J connectivity index is 0.00000272. The van der Waals surface area contributed by atoms with Crippen molar-refractivity contribution in [2.45, 2.75) is 70.2 Å². The molecule has 3 N–H and O–H groups in total. The molecule has 31 heavy (non-hydrogen) atoms. The number of aliphatic imine (C=N–C) groups is 1. The van der Waals surface area contributed by atoms with Gasteiger partial charge in [-0.3, -0.25) is 0 Å². The largest absolute Gasteiger partial charge is 0.393 e. The number of likely N-dealkylation sites (tertiary alicyclic amines) is 1. The van der Waals surface area contributed by atoms with Crippen LogP contribution in [0.15, 0.2) is 23.2 Å². The fourth-order valence-electron chi connectivity index (χ4n) is 4.54. The average molecular weight is 545 g/mol. The third kappa shape index (κ3) is 6.92. The van der Waals surface area contributed by atoms with Crippen molar-refractivity contribution < 1.29 is 9.50 Å². The highest BCUT2D eigenvalue weighted by molar-refractivity contribution is 14.0. The Hall–Kier alpha value is -1.13. The molecule has 0 bridgehead atoms. The number of aliphatic hydroxyl groups excluding tert-OH is 1. The van der Waals surface area contributed by atoms with Gasteiger partial charge in [0.2, 0.25) is 0 Å². The van der Waals surface area contributed by atoms with Crippen LogP contribution in [0.25, 0.3) is 0 Å². The lowest BCUT2D eigenvalue weighted by Gasteiger charge is -2.33. The smallest absolute Gasteiger partial charge is 0.191 e. The number of aliphatic hydroxyl groups is 1. The number of benzene rings is 1. The van der Waals surface area contributed by atoms with Crippen LogP contribution in [0.3, 0.4) is 0 Å². The Morgan fingerprint density at radius 3 is 2.42 bits per heavy atom. The summed E-state index contributed by atoms with van der Waals surface area (Å²) < 4.78 is 14.7. The lowest BCUT2D eigenvalue weighted by Crippen LogP contribution is -2.49. The van der Waals surface area contributed by atoms with E-state index in [1.165, 1.54) is 25.9 Å². The maximum atomic E-state index is 14.7. The van der Waals surface area contributed by atoms with Crippen molar-refractivity contribution in [3.05, 3.63) is 29.6 Å². The molecule has 6 nitrogen and oxygen atoms in total. The minimum atomic E-state index is -0.254. The molecule has 0 atom stereocenters. The van der Waals surface area contributed by atoms with E-state index in [0.29, 0.717) is 44.2 Å². The van der Waals surface area contributed by atoms with Gasteiger partial charge in [0.05, 0.1) is 18.3 Å². The van der Waals surface area contributed by atoms with Crippen LogP contribution in [0, 0.1) is 5.82 Å². The Morgan fingerprint density at radius 1 is 1.10 bits per heavy atom. The van der Waals surface area contributed by atoms with Crippen LogP contribution in [-0.4, -0.2) is 66.9 Å². The molecule has 0 aromatic heterocycles. The van der Waals surface area contributed by atoms with Crippen LogP contribution in [0.2, 0.25) is 0 Å². The quantitative estimate of drug-likeness (QED) is 0.292. The van der Waals surface area contributed by atoms with Gasteiger partial charge in [-0.05, 0) is 63.1 Å². The van der Waals surface area contributed by atoms with Gasteiger partial charge in [-0.1, -0.05) is 6.07 Å². The topological polar surface area (TPSA) is 63.1 Å².